The van der Waals surface area contributed by atoms with E-state index in [1.807, 2.05) is 0 Å². The highest BCUT2D eigenvalue weighted by molar-refractivity contribution is 5.63. The molecule has 1 aromatic carbocycles. The van der Waals surface area contributed by atoms with E-state index in [2.05, 4.69) is 10.6 Å². The maximum atomic E-state index is 13.7. The van der Waals surface area contributed by atoms with Gasteiger partial charge in [-0.2, -0.15) is 0 Å². The standard InChI is InChI=1S/C11H13F2N3O2/c1-11(4-5-14-6-11)15-10-8(16(17)18)3-2-7(12)9(10)13/h2-3,14-15H,4-6H2,1H3. The molecule has 2 N–H and O–H groups in total. The summed E-state index contributed by atoms with van der Waals surface area (Å²) in [7, 11) is 0. The molecule has 1 saturated heterocycles. The lowest BCUT2D eigenvalue weighted by Gasteiger charge is -2.25. The highest BCUT2D eigenvalue weighted by Crippen LogP contribution is 2.32. The largest absolute Gasteiger partial charge is 0.370 e. The van der Waals surface area contributed by atoms with Crippen LogP contribution in [0.2, 0.25) is 0 Å². The first kappa shape index (κ1) is 12.7. The van der Waals surface area contributed by atoms with E-state index in [9.17, 15) is 18.9 Å². The molecule has 1 aliphatic heterocycles. The van der Waals surface area contributed by atoms with Crippen LogP contribution in [0.25, 0.3) is 0 Å². The number of nitro benzene ring substituents is 1. The van der Waals surface area contributed by atoms with E-state index in [1.165, 1.54) is 0 Å². The van der Waals surface area contributed by atoms with Crippen molar-refractivity contribution in [1.82, 2.24) is 5.32 Å². The summed E-state index contributed by atoms with van der Waals surface area (Å²) >= 11 is 0. The summed E-state index contributed by atoms with van der Waals surface area (Å²) in [6.45, 7) is 3.08. The van der Waals surface area contributed by atoms with Crippen LogP contribution < -0.4 is 10.6 Å². The summed E-state index contributed by atoms with van der Waals surface area (Å²) in [5, 5.41) is 16.6. The first-order valence-corrected chi connectivity index (χ1v) is 5.54. The minimum atomic E-state index is -1.21. The second-order valence-corrected chi connectivity index (χ2v) is 4.63. The van der Waals surface area contributed by atoms with Gasteiger partial charge in [0.15, 0.2) is 17.3 Å². The number of halogens is 2. The Kier molecular flexibility index (Phi) is 3.16. The Bertz CT molecular complexity index is 487. The molecule has 0 saturated carbocycles. The van der Waals surface area contributed by atoms with Crippen LogP contribution in [0.15, 0.2) is 12.1 Å². The maximum absolute atomic E-state index is 13.7. The minimum absolute atomic E-state index is 0.383. The van der Waals surface area contributed by atoms with E-state index < -0.39 is 27.8 Å². The molecule has 1 atom stereocenters. The SMILES string of the molecule is CC1(Nc2c([N+](=O)[O-])ccc(F)c2F)CCNC1. The van der Waals surface area contributed by atoms with Gasteiger partial charge < -0.3 is 10.6 Å². The number of nitrogens with one attached hydrogen (secondary N) is 2. The molecule has 0 amide bonds. The Balaban J connectivity index is 2.41. The number of nitrogens with zero attached hydrogens (tertiary/aromatic N) is 1. The van der Waals surface area contributed by atoms with Crippen molar-refractivity contribution in [3.05, 3.63) is 33.9 Å². The quantitative estimate of drug-likeness (QED) is 0.642. The smallest absolute Gasteiger partial charge is 0.295 e. The van der Waals surface area contributed by atoms with Crippen molar-refractivity contribution in [3.63, 3.8) is 0 Å². The Morgan fingerprint density at radius 1 is 1.50 bits per heavy atom. The zero-order valence-corrected chi connectivity index (χ0v) is 9.80. The molecule has 2 rings (SSSR count). The molecule has 1 heterocycles. The molecular weight excluding hydrogens is 244 g/mol. The number of nitro groups is 1. The van der Waals surface area contributed by atoms with Crippen LogP contribution >= 0.6 is 0 Å². The van der Waals surface area contributed by atoms with Gasteiger partial charge in [-0.25, -0.2) is 8.78 Å². The summed E-state index contributed by atoms with van der Waals surface area (Å²) in [5.41, 5.74) is -1.35. The van der Waals surface area contributed by atoms with E-state index in [0.29, 0.717) is 13.0 Å². The molecule has 0 spiro atoms. The Hall–Kier alpha value is -1.76. The van der Waals surface area contributed by atoms with Gasteiger partial charge >= 0.3 is 0 Å². The second kappa shape index (κ2) is 4.49. The third-order valence-electron chi connectivity index (χ3n) is 3.07. The van der Waals surface area contributed by atoms with Crippen molar-refractivity contribution in [2.24, 2.45) is 0 Å². The highest BCUT2D eigenvalue weighted by Gasteiger charge is 2.32. The van der Waals surface area contributed by atoms with Gasteiger partial charge in [-0.05, 0) is 26.0 Å². The number of anilines is 1. The second-order valence-electron chi connectivity index (χ2n) is 4.63. The summed E-state index contributed by atoms with van der Waals surface area (Å²) in [6, 6.07) is 1.72. The van der Waals surface area contributed by atoms with Crippen molar-refractivity contribution in [2.45, 2.75) is 18.9 Å². The van der Waals surface area contributed by atoms with Crippen LogP contribution in [-0.4, -0.2) is 23.6 Å². The van der Waals surface area contributed by atoms with Crippen LogP contribution in [0.5, 0.6) is 0 Å². The van der Waals surface area contributed by atoms with E-state index in [4.69, 9.17) is 0 Å². The summed E-state index contributed by atoms with van der Waals surface area (Å²) in [6.07, 6.45) is 0.681. The molecule has 7 heteroatoms. The molecule has 98 valence electrons. The number of hydrogen-bond donors (Lipinski definition) is 2. The van der Waals surface area contributed by atoms with Gasteiger partial charge in [-0.3, -0.25) is 10.1 Å². The normalized spacial score (nSPS) is 23.1. The lowest BCUT2D eigenvalue weighted by atomic mass is 10.0. The van der Waals surface area contributed by atoms with Crippen LogP contribution in [0.1, 0.15) is 13.3 Å². The molecule has 0 aliphatic carbocycles. The fourth-order valence-corrected chi connectivity index (χ4v) is 2.04. The first-order chi connectivity index (χ1) is 8.43. The van der Waals surface area contributed by atoms with Gasteiger partial charge in [0.1, 0.15) is 0 Å². The molecule has 5 nitrogen and oxygen atoms in total. The fraction of sp³-hybridized carbons (Fsp3) is 0.455. The van der Waals surface area contributed by atoms with Gasteiger partial charge in [0.05, 0.1) is 4.92 Å². The number of benzene rings is 1. The monoisotopic (exact) mass is 257 g/mol. The average Bonchev–Trinajstić information content (AvgIpc) is 2.72. The lowest BCUT2D eigenvalue weighted by molar-refractivity contribution is -0.384. The first-order valence-electron chi connectivity index (χ1n) is 5.54. The molecule has 1 unspecified atom stereocenters. The topological polar surface area (TPSA) is 67.2 Å². The molecule has 0 aromatic heterocycles. The maximum Gasteiger partial charge on any atom is 0.295 e. The molecule has 0 radical (unpaired) electrons. The highest BCUT2D eigenvalue weighted by atomic mass is 19.2. The predicted octanol–water partition coefficient (Wildman–Crippen LogP) is 2.04. The van der Waals surface area contributed by atoms with E-state index >= 15 is 0 Å². The van der Waals surface area contributed by atoms with Crippen LogP contribution in [0.4, 0.5) is 20.2 Å². The Morgan fingerprint density at radius 3 is 2.78 bits per heavy atom. The molecule has 1 fully saturated rings. The molecule has 1 aliphatic rings. The van der Waals surface area contributed by atoms with Crippen molar-refractivity contribution in [2.75, 3.05) is 18.4 Å². The molecule has 0 bridgehead atoms. The van der Waals surface area contributed by atoms with Gasteiger partial charge in [0, 0.05) is 18.2 Å². The summed E-state index contributed by atoms with van der Waals surface area (Å²) < 4.78 is 26.9. The predicted molar refractivity (Wildman–Crippen MR) is 62.5 cm³/mol. The van der Waals surface area contributed by atoms with Crippen LogP contribution in [0.3, 0.4) is 0 Å². The van der Waals surface area contributed by atoms with Crippen molar-refractivity contribution < 1.29 is 13.7 Å². The summed E-state index contributed by atoms with van der Waals surface area (Å²) in [5.74, 6) is -2.31. The lowest BCUT2D eigenvalue weighted by Crippen LogP contribution is -2.37. The number of hydrogen-bond acceptors (Lipinski definition) is 4. The van der Waals surface area contributed by atoms with Crippen LogP contribution in [-0.2, 0) is 0 Å². The van der Waals surface area contributed by atoms with Crippen molar-refractivity contribution in [1.29, 1.82) is 0 Å². The zero-order valence-electron chi connectivity index (χ0n) is 9.80. The number of rotatable bonds is 3. The van der Waals surface area contributed by atoms with E-state index in [1.54, 1.807) is 6.92 Å². The van der Waals surface area contributed by atoms with Gasteiger partial charge in [0.2, 0.25) is 0 Å². The molecule has 1 aromatic rings. The van der Waals surface area contributed by atoms with Crippen LogP contribution in [0, 0.1) is 21.7 Å². The Morgan fingerprint density at radius 2 is 2.22 bits per heavy atom. The fourth-order valence-electron chi connectivity index (χ4n) is 2.04. The van der Waals surface area contributed by atoms with Crippen molar-refractivity contribution >= 4 is 11.4 Å². The molecule has 18 heavy (non-hydrogen) atoms. The van der Waals surface area contributed by atoms with E-state index in [0.717, 1.165) is 18.7 Å². The zero-order chi connectivity index (χ0) is 13.3. The molecular formula is C11H13F2N3O2. The van der Waals surface area contributed by atoms with Gasteiger partial charge in [-0.15, -0.1) is 0 Å². The average molecular weight is 257 g/mol. The summed E-state index contributed by atoms with van der Waals surface area (Å²) in [4.78, 5) is 10.1. The van der Waals surface area contributed by atoms with Crippen molar-refractivity contribution in [3.8, 4) is 0 Å². The third kappa shape index (κ3) is 2.26. The van der Waals surface area contributed by atoms with Gasteiger partial charge in [0.25, 0.3) is 5.69 Å². The third-order valence-corrected chi connectivity index (χ3v) is 3.07. The Labute approximate surface area is 102 Å². The van der Waals surface area contributed by atoms with Gasteiger partial charge in [-0.1, -0.05) is 0 Å². The van der Waals surface area contributed by atoms with E-state index in [-0.39, 0.29) is 5.69 Å². The minimum Gasteiger partial charge on any atom is -0.370 e.